The second-order valence-electron chi connectivity index (χ2n) is 5.83. The highest BCUT2D eigenvalue weighted by Gasteiger charge is 2.42. The maximum Gasteiger partial charge on any atom is 0.173 e. The standard InChI is InChI=1S/C17H20N2O3/c1-2-4-15-14(3-1)16(5-8-18-15)19-11-13-12-21-17(22-13)6-9-20-10-7-17/h1-5,8,13H,6-7,9-12H2,(H,18,19). The monoisotopic (exact) mass is 300 g/mol. The van der Waals surface area contributed by atoms with E-state index in [0.717, 1.165) is 49.2 Å². The van der Waals surface area contributed by atoms with Gasteiger partial charge in [-0.05, 0) is 12.1 Å². The fourth-order valence-electron chi connectivity index (χ4n) is 3.14. The molecule has 2 fully saturated rings. The third kappa shape index (κ3) is 2.67. The fraction of sp³-hybridized carbons (Fsp3) is 0.471. The highest BCUT2D eigenvalue weighted by atomic mass is 16.7. The summed E-state index contributed by atoms with van der Waals surface area (Å²) in [5.41, 5.74) is 2.08. The first-order chi connectivity index (χ1) is 10.8. The summed E-state index contributed by atoms with van der Waals surface area (Å²) in [4.78, 5) is 4.38. The maximum atomic E-state index is 6.14. The molecule has 4 rings (SSSR count). The van der Waals surface area contributed by atoms with Crippen LogP contribution in [0.15, 0.2) is 36.5 Å². The van der Waals surface area contributed by atoms with Crippen LogP contribution in [0.2, 0.25) is 0 Å². The van der Waals surface area contributed by atoms with E-state index in [-0.39, 0.29) is 6.10 Å². The SMILES string of the molecule is c1ccc2c(NCC3COC4(CCOCC4)O3)ccnc2c1. The van der Waals surface area contributed by atoms with Gasteiger partial charge in [0.1, 0.15) is 6.10 Å². The van der Waals surface area contributed by atoms with Crippen molar-refractivity contribution in [1.29, 1.82) is 0 Å². The number of rotatable bonds is 3. The number of aromatic nitrogens is 1. The van der Waals surface area contributed by atoms with E-state index in [2.05, 4.69) is 16.4 Å². The molecule has 2 aromatic rings. The Morgan fingerprint density at radius 3 is 2.95 bits per heavy atom. The van der Waals surface area contributed by atoms with Gasteiger partial charge in [-0.2, -0.15) is 0 Å². The molecule has 22 heavy (non-hydrogen) atoms. The number of nitrogens with one attached hydrogen (secondary N) is 1. The first kappa shape index (κ1) is 13.9. The van der Waals surface area contributed by atoms with Crippen LogP contribution >= 0.6 is 0 Å². The molecule has 3 heterocycles. The van der Waals surface area contributed by atoms with E-state index in [1.54, 1.807) is 0 Å². The lowest BCUT2D eigenvalue weighted by Crippen LogP contribution is -2.38. The number of pyridine rings is 1. The van der Waals surface area contributed by atoms with Gasteiger partial charge in [-0.1, -0.05) is 18.2 Å². The number of hydrogen-bond donors (Lipinski definition) is 1. The van der Waals surface area contributed by atoms with Crippen molar-refractivity contribution < 1.29 is 14.2 Å². The Balaban J connectivity index is 1.42. The predicted octanol–water partition coefficient (Wildman–Crippen LogP) is 2.57. The van der Waals surface area contributed by atoms with Crippen molar-refractivity contribution in [2.45, 2.75) is 24.7 Å². The molecule has 1 atom stereocenters. The van der Waals surface area contributed by atoms with Crippen LogP contribution in [0.4, 0.5) is 5.69 Å². The van der Waals surface area contributed by atoms with Crippen molar-refractivity contribution >= 4 is 16.6 Å². The topological polar surface area (TPSA) is 52.6 Å². The lowest BCUT2D eigenvalue weighted by atomic mass is 10.1. The molecule has 2 aliphatic rings. The predicted molar refractivity (Wildman–Crippen MR) is 83.8 cm³/mol. The molecule has 1 aromatic carbocycles. The van der Waals surface area contributed by atoms with E-state index in [4.69, 9.17) is 14.2 Å². The third-order valence-electron chi connectivity index (χ3n) is 4.34. The summed E-state index contributed by atoms with van der Waals surface area (Å²) < 4.78 is 17.4. The van der Waals surface area contributed by atoms with Crippen molar-refractivity contribution in [3.8, 4) is 0 Å². The van der Waals surface area contributed by atoms with Gasteiger partial charge in [0, 0.05) is 36.7 Å². The molecular weight excluding hydrogens is 280 g/mol. The number of anilines is 1. The van der Waals surface area contributed by atoms with Gasteiger partial charge in [0.15, 0.2) is 5.79 Å². The van der Waals surface area contributed by atoms with Crippen LogP contribution < -0.4 is 5.32 Å². The summed E-state index contributed by atoms with van der Waals surface area (Å²) >= 11 is 0. The lowest BCUT2D eigenvalue weighted by molar-refractivity contribution is -0.209. The Bertz CT molecular complexity index is 650. The molecule has 0 saturated carbocycles. The number of nitrogens with zero attached hydrogens (tertiary/aromatic N) is 1. The number of ether oxygens (including phenoxy) is 3. The van der Waals surface area contributed by atoms with E-state index in [0.29, 0.717) is 6.61 Å². The molecule has 1 aromatic heterocycles. The van der Waals surface area contributed by atoms with Crippen LogP contribution in [0.25, 0.3) is 10.9 Å². The Kier molecular flexibility index (Phi) is 3.70. The molecule has 116 valence electrons. The first-order valence-corrected chi connectivity index (χ1v) is 7.82. The summed E-state index contributed by atoms with van der Waals surface area (Å²) in [5, 5.41) is 4.60. The molecule has 2 saturated heterocycles. The first-order valence-electron chi connectivity index (χ1n) is 7.82. The summed E-state index contributed by atoms with van der Waals surface area (Å²) in [6.45, 7) is 2.80. The second-order valence-corrected chi connectivity index (χ2v) is 5.83. The molecular formula is C17H20N2O3. The van der Waals surface area contributed by atoms with E-state index < -0.39 is 5.79 Å². The summed E-state index contributed by atoms with van der Waals surface area (Å²) in [6.07, 6.45) is 3.55. The van der Waals surface area contributed by atoms with Crippen molar-refractivity contribution in [3.63, 3.8) is 0 Å². The molecule has 0 bridgehead atoms. The summed E-state index contributed by atoms with van der Waals surface area (Å²) in [5.74, 6) is -0.412. The zero-order valence-electron chi connectivity index (χ0n) is 12.5. The number of benzene rings is 1. The largest absolute Gasteiger partial charge is 0.382 e. The van der Waals surface area contributed by atoms with Gasteiger partial charge in [0.2, 0.25) is 0 Å². The molecule has 1 N–H and O–H groups in total. The molecule has 5 heteroatoms. The van der Waals surface area contributed by atoms with Crippen LogP contribution in [-0.4, -0.2) is 43.2 Å². The zero-order chi connectivity index (χ0) is 14.8. The van der Waals surface area contributed by atoms with Crippen molar-refractivity contribution in [2.24, 2.45) is 0 Å². The molecule has 1 unspecified atom stereocenters. The second kappa shape index (κ2) is 5.83. The quantitative estimate of drug-likeness (QED) is 0.944. The highest BCUT2D eigenvalue weighted by molar-refractivity contribution is 5.90. The Labute approximate surface area is 129 Å². The van der Waals surface area contributed by atoms with Crippen LogP contribution in [0.5, 0.6) is 0 Å². The Hall–Kier alpha value is -1.69. The van der Waals surface area contributed by atoms with Gasteiger partial charge >= 0.3 is 0 Å². The van der Waals surface area contributed by atoms with Gasteiger partial charge in [-0.25, -0.2) is 0 Å². The normalized spacial score (nSPS) is 23.9. The van der Waals surface area contributed by atoms with Crippen LogP contribution in [0.3, 0.4) is 0 Å². The minimum atomic E-state index is -0.412. The van der Waals surface area contributed by atoms with Crippen LogP contribution in [0.1, 0.15) is 12.8 Å². The Morgan fingerprint density at radius 1 is 1.18 bits per heavy atom. The fourth-order valence-corrected chi connectivity index (χ4v) is 3.14. The van der Waals surface area contributed by atoms with Crippen molar-refractivity contribution in [3.05, 3.63) is 36.5 Å². The van der Waals surface area contributed by atoms with E-state index in [9.17, 15) is 0 Å². The molecule has 0 radical (unpaired) electrons. The highest BCUT2D eigenvalue weighted by Crippen LogP contribution is 2.33. The number of para-hydroxylation sites is 1. The van der Waals surface area contributed by atoms with Gasteiger partial charge < -0.3 is 19.5 Å². The van der Waals surface area contributed by atoms with E-state index in [1.165, 1.54) is 0 Å². The molecule has 0 aliphatic carbocycles. The third-order valence-corrected chi connectivity index (χ3v) is 4.34. The van der Waals surface area contributed by atoms with Crippen molar-refractivity contribution in [2.75, 3.05) is 31.7 Å². The summed E-state index contributed by atoms with van der Waals surface area (Å²) in [7, 11) is 0. The zero-order valence-corrected chi connectivity index (χ0v) is 12.5. The van der Waals surface area contributed by atoms with Crippen LogP contribution in [0, 0.1) is 0 Å². The van der Waals surface area contributed by atoms with Crippen LogP contribution in [-0.2, 0) is 14.2 Å². The number of hydrogen-bond acceptors (Lipinski definition) is 5. The molecule has 5 nitrogen and oxygen atoms in total. The van der Waals surface area contributed by atoms with Gasteiger partial charge in [-0.15, -0.1) is 0 Å². The van der Waals surface area contributed by atoms with E-state index >= 15 is 0 Å². The van der Waals surface area contributed by atoms with Gasteiger partial charge in [0.25, 0.3) is 0 Å². The van der Waals surface area contributed by atoms with Gasteiger partial charge in [0.05, 0.1) is 25.3 Å². The Morgan fingerprint density at radius 2 is 2.05 bits per heavy atom. The average molecular weight is 300 g/mol. The summed E-state index contributed by atoms with van der Waals surface area (Å²) in [6, 6.07) is 10.1. The number of fused-ring (bicyclic) bond motifs is 1. The maximum absolute atomic E-state index is 6.14. The lowest BCUT2D eigenvalue weighted by Gasteiger charge is -2.31. The minimum Gasteiger partial charge on any atom is -0.382 e. The molecule has 0 amide bonds. The molecule has 1 spiro atoms. The smallest absolute Gasteiger partial charge is 0.173 e. The van der Waals surface area contributed by atoms with Crippen molar-refractivity contribution in [1.82, 2.24) is 4.98 Å². The average Bonchev–Trinajstić information content (AvgIpc) is 2.96. The minimum absolute atomic E-state index is 0.0741. The molecule has 2 aliphatic heterocycles. The van der Waals surface area contributed by atoms with Gasteiger partial charge in [-0.3, -0.25) is 4.98 Å². The van der Waals surface area contributed by atoms with E-state index in [1.807, 2.05) is 30.5 Å².